The highest BCUT2D eigenvalue weighted by molar-refractivity contribution is 7.89. The van der Waals surface area contributed by atoms with Gasteiger partial charge in [-0.05, 0) is 47.7 Å². The molecule has 1 amide bonds. The van der Waals surface area contributed by atoms with E-state index in [1.807, 2.05) is 24.3 Å². The summed E-state index contributed by atoms with van der Waals surface area (Å²) in [7, 11) is -0.937. The zero-order valence-electron chi connectivity index (χ0n) is 17.3. The molecule has 0 atom stereocenters. The van der Waals surface area contributed by atoms with E-state index in [2.05, 4.69) is 24.4 Å². The van der Waals surface area contributed by atoms with E-state index in [-0.39, 0.29) is 11.4 Å². The molecule has 8 heteroatoms. The second-order valence-corrected chi connectivity index (χ2v) is 9.05. The van der Waals surface area contributed by atoms with Gasteiger partial charge in [0.05, 0.1) is 24.8 Å². The molecule has 0 heterocycles. The normalized spacial score (nSPS) is 12.0. The van der Waals surface area contributed by atoms with Crippen LogP contribution < -0.4 is 10.2 Å². The summed E-state index contributed by atoms with van der Waals surface area (Å²) in [5.74, 6) is 0.504. The van der Waals surface area contributed by atoms with Crippen LogP contribution >= 0.6 is 0 Å². The molecule has 0 radical (unpaired) electrons. The predicted molar refractivity (Wildman–Crippen MR) is 114 cm³/mol. The van der Waals surface area contributed by atoms with Gasteiger partial charge in [0.1, 0.15) is 5.75 Å². The van der Waals surface area contributed by atoms with E-state index < -0.39 is 15.9 Å². The van der Waals surface area contributed by atoms with Gasteiger partial charge < -0.3 is 4.74 Å². The van der Waals surface area contributed by atoms with Crippen LogP contribution in [0.1, 0.15) is 36.5 Å². The lowest BCUT2D eigenvalue weighted by atomic mass is 10.0. The minimum atomic E-state index is -3.81. The monoisotopic (exact) mass is 417 g/mol. The van der Waals surface area contributed by atoms with Gasteiger partial charge in [0.25, 0.3) is 5.91 Å². The fraction of sp³-hybridized carbons (Fsp3) is 0.333. The molecule has 1 N–H and O–H groups in total. The van der Waals surface area contributed by atoms with Gasteiger partial charge in [0, 0.05) is 7.05 Å². The van der Waals surface area contributed by atoms with Gasteiger partial charge in [0.15, 0.2) is 0 Å². The van der Waals surface area contributed by atoms with Gasteiger partial charge in [-0.1, -0.05) is 38.1 Å². The van der Waals surface area contributed by atoms with Crippen molar-refractivity contribution in [1.29, 1.82) is 0 Å². The smallest absolute Gasteiger partial charge is 0.255 e. The van der Waals surface area contributed by atoms with E-state index in [1.54, 1.807) is 13.0 Å². The lowest BCUT2D eigenvalue weighted by Crippen LogP contribution is -2.36. The second kappa shape index (κ2) is 9.67. The Labute approximate surface area is 172 Å². The van der Waals surface area contributed by atoms with Gasteiger partial charge in [-0.25, -0.2) is 13.8 Å². The molecule has 29 heavy (non-hydrogen) atoms. The Morgan fingerprint density at radius 1 is 1.21 bits per heavy atom. The molecule has 0 unspecified atom stereocenters. The van der Waals surface area contributed by atoms with Crippen LogP contribution in [-0.2, 0) is 14.8 Å². The van der Waals surface area contributed by atoms with Gasteiger partial charge in [0.2, 0.25) is 10.0 Å². The summed E-state index contributed by atoms with van der Waals surface area (Å²) < 4.78 is 31.5. The van der Waals surface area contributed by atoms with Crippen LogP contribution in [0.25, 0.3) is 0 Å². The van der Waals surface area contributed by atoms with E-state index in [0.717, 1.165) is 9.87 Å². The minimum absolute atomic E-state index is 0.0971. The number of ether oxygens (including phenoxy) is 1. The van der Waals surface area contributed by atoms with Crippen molar-refractivity contribution in [2.24, 2.45) is 5.10 Å². The van der Waals surface area contributed by atoms with Crippen molar-refractivity contribution in [3.05, 3.63) is 59.2 Å². The molecule has 2 aromatic carbocycles. The van der Waals surface area contributed by atoms with Gasteiger partial charge in [-0.3, -0.25) is 4.79 Å². The topological polar surface area (TPSA) is 88.1 Å². The molecule has 0 saturated carbocycles. The number of hydrazone groups is 1. The van der Waals surface area contributed by atoms with Crippen LogP contribution in [0.4, 0.5) is 0 Å². The minimum Gasteiger partial charge on any atom is -0.496 e. The zero-order valence-corrected chi connectivity index (χ0v) is 18.2. The first-order valence-electron chi connectivity index (χ1n) is 9.18. The number of carbonyl (C=O) groups excluding carboxylic acids is 1. The summed E-state index contributed by atoms with van der Waals surface area (Å²) in [6, 6.07) is 12.4. The molecule has 2 aromatic rings. The fourth-order valence-electron chi connectivity index (χ4n) is 2.66. The summed E-state index contributed by atoms with van der Waals surface area (Å²) in [5, 5.41) is 3.90. The number of nitrogens with zero attached hydrogens (tertiary/aromatic N) is 2. The number of benzene rings is 2. The molecular weight excluding hydrogens is 390 g/mol. The number of likely N-dealkylation sites (N-methyl/N-ethyl adjacent to an activating group) is 1. The number of aryl methyl sites for hydroxylation is 1. The summed E-state index contributed by atoms with van der Waals surface area (Å²) in [4.78, 5) is 12.2. The third kappa shape index (κ3) is 5.88. The number of methoxy groups -OCH3 is 1. The molecule has 2 rings (SSSR count). The molecule has 0 aliphatic carbocycles. The standard InChI is InChI=1S/C21H27N3O4S/c1-15(2)18-8-6-17(7-9-18)13-22-23-21(25)14-24(4)29(26,27)19-10-11-20(28-5)16(3)12-19/h6-13,15H,14H2,1-5H3,(H,23,25). The third-order valence-corrected chi connectivity index (χ3v) is 6.25. The SMILES string of the molecule is COc1ccc(S(=O)(=O)N(C)CC(=O)NN=Cc2ccc(C(C)C)cc2)cc1C. The van der Waals surface area contributed by atoms with E-state index >= 15 is 0 Å². The Morgan fingerprint density at radius 3 is 2.41 bits per heavy atom. The molecule has 7 nitrogen and oxygen atoms in total. The van der Waals surface area contributed by atoms with E-state index in [9.17, 15) is 13.2 Å². The third-order valence-electron chi connectivity index (χ3n) is 4.45. The zero-order chi connectivity index (χ0) is 21.6. The van der Waals surface area contributed by atoms with E-state index in [0.29, 0.717) is 17.2 Å². The number of amides is 1. The Balaban J connectivity index is 1.97. The van der Waals surface area contributed by atoms with Crippen molar-refractivity contribution in [2.45, 2.75) is 31.6 Å². The maximum absolute atomic E-state index is 12.7. The number of hydrogen-bond acceptors (Lipinski definition) is 5. The van der Waals surface area contributed by atoms with Crippen LogP contribution in [-0.4, -0.2) is 45.5 Å². The van der Waals surface area contributed by atoms with Crippen molar-refractivity contribution in [3.8, 4) is 5.75 Å². The highest BCUT2D eigenvalue weighted by Crippen LogP contribution is 2.23. The summed E-state index contributed by atoms with van der Waals surface area (Å²) in [6.07, 6.45) is 1.52. The van der Waals surface area contributed by atoms with Crippen molar-refractivity contribution in [3.63, 3.8) is 0 Å². The molecule has 0 bridgehead atoms. The predicted octanol–water partition coefficient (Wildman–Crippen LogP) is 2.90. The molecule has 0 aromatic heterocycles. The maximum atomic E-state index is 12.7. The average molecular weight is 418 g/mol. The van der Waals surface area contributed by atoms with Crippen LogP contribution in [0, 0.1) is 6.92 Å². The van der Waals surface area contributed by atoms with Crippen LogP contribution in [0.3, 0.4) is 0 Å². The molecule has 0 aliphatic heterocycles. The van der Waals surface area contributed by atoms with E-state index in [1.165, 1.54) is 38.1 Å². The Hall–Kier alpha value is -2.71. The van der Waals surface area contributed by atoms with Gasteiger partial charge >= 0.3 is 0 Å². The summed E-state index contributed by atoms with van der Waals surface area (Å²) >= 11 is 0. The number of hydrogen-bond donors (Lipinski definition) is 1. The number of carbonyl (C=O) groups is 1. The summed E-state index contributed by atoms with van der Waals surface area (Å²) in [5.41, 5.74) is 5.10. The largest absolute Gasteiger partial charge is 0.496 e. The van der Waals surface area contributed by atoms with Crippen LogP contribution in [0.2, 0.25) is 0 Å². The second-order valence-electron chi connectivity index (χ2n) is 7.01. The van der Waals surface area contributed by atoms with Crippen molar-refractivity contribution >= 4 is 22.1 Å². The average Bonchev–Trinajstić information content (AvgIpc) is 2.68. The first-order chi connectivity index (χ1) is 13.6. The fourth-order valence-corrected chi connectivity index (χ4v) is 3.87. The highest BCUT2D eigenvalue weighted by Gasteiger charge is 2.23. The number of nitrogens with one attached hydrogen (secondary N) is 1. The van der Waals surface area contributed by atoms with Gasteiger partial charge in [-0.2, -0.15) is 9.41 Å². The molecule has 0 aliphatic rings. The lowest BCUT2D eigenvalue weighted by Gasteiger charge is -2.17. The van der Waals surface area contributed by atoms with Crippen molar-refractivity contribution in [1.82, 2.24) is 9.73 Å². The lowest BCUT2D eigenvalue weighted by molar-refractivity contribution is -0.121. The highest BCUT2D eigenvalue weighted by atomic mass is 32.2. The summed E-state index contributed by atoms with van der Waals surface area (Å²) in [6.45, 7) is 5.63. The van der Waals surface area contributed by atoms with Crippen molar-refractivity contribution in [2.75, 3.05) is 20.7 Å². The molecular formula is C21H27N3O4S. The Morgan fingerprint density at radius 2 is 1.86 bits per heavy atom. The Bertz CT molecular complexity index is 983. The number of sulfonamides is 1. The Kier molecular flexibility index (Phi) is 7.53. The molecule has 0 spiro atoms. The van der Waals surface area contributed by atoms with Crippen LogP contribution in [0.5, 0.6) is 5.75 Å². The van der Waals surface area contributed by atoms with Crippen molar-refractivity contribution < 1.29 is 17.9 Å². The van der Waals surface area contributed by atoms with Gasteiger partial charge in [-0.15, -0.1) is 0 Å². The van der Waals surface area contributed by atoms with E-state index in [4.69, 9.17) is 4.74 Å². The molecule has 0 saturated heterocycles. The quantitative estimate of drug-likeness (QED) is 0.528. The number of rotatable bonds is 8. The first kappa shape index (κ1) is 22.6. The maximum Gasteiger partial charge on any atom is 0.255 e. The molecule has 0 fully saturated rings. The van der Waals surface area contributed by atoms with Crippen LogP contribution in [0.15, 0.2) is 52.5 Å². The first-order valence-corrected chi connectivity index (χ1v) is 10.6. The molecule has 156 valence electrons.